The van der Waals surface area contributed by atoms with Gasteiger partial charge in [0.05, 0.1) is 7.11 Å². The molecule has 1 aromatic rings. The lowest BCUT2D eigenvalue weighted by Crippen LogP contribution is -2.34. The Labute approximate surface area is 126 Å². The summed E-state index contributed by atoms with van der Waals surface area (Å²) in [4.78, 5) is 12.0. The third kappa shape index (κ3) is 4.46. The lowest BCUT2D eigenvalue weighted by atomic mass is 9.83. The number of ether oxygens (including phenoxy) is 1. The minimum atomic E-state index is -1.14. The largest absolute Gasteiger partial charge is 0.497 e. The molecule has 1 saturated carbocycles. The van der Waals surface area contributed by atoms with Gasteiger partial charge in [0.15, 0.2) is 6.10 Å². The Morgan fingerprint density at radius 3 is 2.76 bits per heavy atom. The first-order valence-corrected chi connectivity index (χ1v) is 7.70. The number of nitrogens with one attached hydrogen (secondary N) is 1. The number of hydrogen-bond acceptors (Lipinski definition) is 3. The quantitative estimate of drug-likeness (QED) is 0.877. The molecule has 4 heteroatoms. The van der Waals surface area contributed by atoms with E-state index in [0.29, 0.717) is 23.8 Å². The van der Waals surface area contributed by atoms with E-state index >= 15 is 0 Å². The monoisotopic (exact) mass is 291 g/mol. The summed E-state index contributed by atoms with van der Waals surface area (Å²) < 4.78 is 5.11. The maximum absolute atomic E-state index is 12.0. The van der Waals surface area contributed by atoms with Crippen LogP contribution in [0, 0.1) is 11.8 Å². The molecule has 1 aliphatic rings. The van der Waals surface area contributed by atoms with E-state index in [-0.39, 0.29) is 5.91 Å². The standard InChI is InChI=1S/C17H25NO3/c1-12-6-8-13(9-7-12)11-18-17(20)16(19)14-4-3-5-15(10-14)21-2/h3-5,10,12-13,16,19H,6-9,11H2,1-2H3,(H,18,20). The van der Waals surface area contributed by atoms with Crippen LogP contribution in [0.4, 0.5) is 0 Å². The fourth-order valence-electron chi connectivity index (χ4n) is 2.84. The average molecular weight is 291 g/mol. The molecule has 4 nitrogen and oxygen atoms in total. The van der Waals surface area contributed by atoms with E-state index in [2.05, 4.69) is 12.2 Å². The van der Waals surface area contributed by atoms with Crippen LogP contribution < -0.4 is 10.1 Å². The van der Waals surface area contributed by atoms with Crippen LogP contribution in [0.25, 0.3) is 0 Å². The Kier molecular flexibility index (Phi) is 5.62. The van der Waals surface area contributed by atoms with Gasteiger partial charge in [-0.2, -0.15) is 0 Å². The number of benzene rings is 1. The van der Waals surface area contributed by atoms with Crippen molar-refractivity contribution >= 4 is 5.91 Å². The number of amides is 1. The second-order valence-electron chi connectivity index (χ2n) is 6.05. The topological polar surface area (TPSA) is 58.6 Å². The minimum absolute atomic E-state index is 0.332. The second kappa shape index (κ2) is 7.46. The number of aliphatic hydroxyl groups is 1. The Bertz CT molecular complexity index is 467. The van der Waals surface area contributed by atoms with Gasteiger partial charge in [0, 0.05) is 6.54 Å². The molecule has 1 amide bonds. The van der Waals surface area contributed by atoms with Crippen LogP contribution >= 0.6 is 0 Å². The number of carbonyl (C=O) groups excluding carboxylic acids is 1. The van der Waals surface area contributed by atoms with Gasteiger partial charge in [0.1, 0.15) is 5.75 Å². The zero-order chi connectivity index (χ0) is 15.2. The Balaban J connectivity index is 1.84. The van der Waals surface area contributed by atoms with E-state index in [1.54, 1.807) is 31.4 Å². The van der Waals surface area contributed by atoms with Gasteiger partial charge in [-0.25, -0.2) is 0 Å². The maximum atomic E-state index is 12.0. The molecule has 0 saturated heterocycles. The van der Waals surface area contributed by atoms with E-state index in [1.807, 2.05) is 0 Å². The van der Waals surface area contributed by atoms with Crippen molar-refractivity contribution < 1.29 is 14.6 Å². The van der Waals surface area contributed by atoms with Crippen LogP contribution in [0.15, 0.2) is 24.3 Å². The van der Waals surface area contributed by atoms with Crippen LogP contribution in [0.2, 0.25) is 0 Å². The summed E-state index contributed by atoms with van der Waals surface area (Å²) in [5, 5.41) is 13.0. The zero-order valence-electron chi connectivity index (χ0n) is 12.8. The summed E-state index contributed by atoms with van der Waals surface area (Å²) in [5.74, 6) is 1.66. The van der Waals surface area contributed by atoms with Gasteiger partial charge in [-0.1, -0.05) is 31.9 Å². The van der Waals surface area contributed by atoms with Crippen molar-refractivity contribution in [3.05, 3.63) is 29.8 Å². The predicted molar refractivity (Wildman–Crippen MR) is 82.1 cm³/mol. The van der Waals surface area contributed by atoms with E-state index in [1.165, 1.54) is 12.8 Å². The molecule has 1 aliphatic carbocycles. The molecule has 0 spiro atoms. The summed E-state index contributed by atoms with van der Waals surface area (Å²) in [5.41, 5.74) is 0.559. The van der Waals surface area contributed by atoms with Gasteiger partial charge in [-0.15, -0.1) is 0 Å². The highest BCUT2D eigenvalue weighted by molar-refractivity contribution is 5.82. The first kappa shape index (κ1) is 15.8. The lowest BCUT2D eigenvalue weighted by Gasteiger charge is -2.26. The summed E-state index contributed by atoms with van der Waals surface area (Å²) in [6.45, 7) is 2.94. The molecule has 1 aromatic carbocycles. The van der Waals surface area contributed by atoms with Gasteiger partial charge in [0.2, 0.25) is 0 Å². The summed E-state index contributed by atoms with van der Waals surface area (Å²) in [6.07, 6.45) is 3.66. The SMILES string of the molecule is COc1cccc(C(O)C(=O)NCC2CCC(C)CC2)c1. The van der Waals surface area contributed by atoms with Gasteiger partial charge in [0.25, 0.3) is 5.91 Å². The first-order valence-electron chi connectivity index (χ1n) is 7.70. The van der Waals surface area contributed by atoms with E-state index in [4.69, 9.17) is 4.74 Å². The van der Waals surface area contributed by atoms with E-state index < -0.39 is 6.10 Å². The molecule has 116 valence electrons. The van der Waals surface area contributed by atoms with Crippen molar-refractivity contribution in [1.29, 1.82) is 0 Å². The molecule has 0 aromatic heterocycles. The molecule has 0 bridgehead atoms. The minimum Gasteiger partial charge on any atom is -0.497 e. The Morgan fingerprint density at radius 1 is 1.38 bits per heavy atom. The van der Waals surface area contributed by atoms with E-state index in [0.717, 1.165) is 18.8 Å². The number of carbonyl (C=O) groups is 1. The summed E-state index contributed by atoms with van der Waals surface area (Å²) in [7, 11) is 1.57. The normalized spacial score (nSPS) is 23.4. The molecule has 0 heterocycles. The van der Waals surface area contributed by atoms with Crippen LogP contribution in [0.3, 0.4) is 0 Å². The number of rotatable bonds is 5. The van der Waals surface area contributed by atoms with Crippen LogP contribution in [0.5, 0.6) is 5.75 Å². The Hall–Kier alpha value is -1.55. The second-order valence-corrected chi connectivity index (χ2v) is 6.05. The molecule has 2 N–H and O–H groups in total. The lowest BCUT2D eigenvalue weighted by molar-refractivity contribution is -0.129. The summed E-state index contributed by atoms with van der Waals surface area (Å²) in [6, 6.07) is 6.98. The fraction of sp³-hybridized carbons (Fsp3) is 0.588. The van der Waals surface area contributed by atoms with Crippen LogP contribution in [0.1, 0.15) is 44.3 Å². The predicted octanol–water partition coefficient (Wildman–Crippen LogP) is 2.67. The molecule has 0 aliphatic heterocycles. The van der Waals surface area contributed by atoms with Crippen molar-refractivity contribution in [3.8, 4) is 5.75 Å². The molecule has 2 rings (SSSR count). The number of hydrogen-bond donors (Lipinski definition) is 2. The smallest absolute Gasteiger partial charge is 0.253 e. The first-order chi connectivity index (χ1) is 10.1. The molecule has 1 atom stereocenters. The van der Waals surface area contributed by atoms with Crippen molar-refractivity contribution in [1.82, 2.24) is 5.32 Å². The van der Waals surface area contributed by atoms with Crippen LogP contribution in [-0.4, -0.2) is 24.7 Å². The molecule has 1 fully saturated rings. The molecule has 0 radical (unpaired) electrons. The van der Waals surface area contributed by atoms with Crippen molar-refractivity contribution in [2.24, 2.45) is 11.8 Å². The van der Waals surface area contributed by atoms with Crippen molar-refractivity contribution in [3.63, 3.8) is 0 Å². The highest BCUT2D eigenvalue weighted by atomic mass is 16.5. The zero-order valence-corrected chi connectivity index (χ0v) is 12.8. The van der Waals surface area contributed by atoms with Gasteiger partial charge in [-0.3, -0.25) is 4.79 Å². The fourth-order valence-corrected chi connectivity index (χ4v) is 2.84. The molecule has 21 heavy (non-hydrogen) atoms. The Morgan fingerprint density at radius 2 is 2.10 bits per heavy atom. The molecular weight excluding hydrogens is 266 g/mol. The summed E-state index contributed by atoms with van der Waals surface area (Å²) >= 11 is 0. The van der Waals surface area contributed by atoms with Crippen molar-refractivity contribution in [2.75, 3.05) is 13.7 Å². The highest BCUT2D eigenvalue weighted by Crippen LogP contribution is 2.28. The third-order valence-corrected chi connectivity index (χ3v) is 4.36. The van der Waals surface area contributed by atoms with E-state index in [9.17, 15) is 9.90 Å². The number of aliphatic hydroxyl groups excluding tert-OH is 1. The van der Waals surface area contributed by atoms with Gasteiger partial charge in [-0.05, 0) is 42.4 Å². The third-order valence-electron chi connectivity index (χ3n) is 4.36. The number of methoxy groups -OCH3 is 1. The molecular formula is C17H25NO3. The van der Waals surface area contributed by atoms with Gasteiger partial charge >= 0.3 is 0 Å². The molecule has 1 unspecified atom stereocenters. The average Bonchev–Trinajstić information content (AvgIpc) is 2.53. The van der Waals surface area contributed by atoms with Gasteiger partial charge < -0.3 is 15.2 Å². The van der Waals surface area contributed by atoms with Crippen molar-refractivity contribution in [2.45, 2.75) is 38.7 Å². The van der Waals surface area contributed by atoms with Crippen LogP contribution in [-0.2, 0) is 4.79 Å². The maximum Gasteiger partial charge on any atom is 0.253 e. The highest BCUT2D eigenvalue weighted by Gasteiger charge is 2.21.